The number of pyridine rings is 1. The van der Waals surface area contributed by atoms with Gasteiger partial charge < -0.3 is 14.5 Å². The fourth-order valence-electron chi connectivity index (χ4n) is 4.84. The third-order valence-corrected chi connectivity index (χ3v) is 8.24. The van der Waals surface area contributed by atoms with Crippen molar-refractivity contribution in [3.05, 3.63) is 72.1 Å². The molecule has 11 heteroatoms. The number of nitrogens with zero attached hydrogens (tertiary/aromatic N) is 4. The predicted molar refractivity (Wildman–Crippen MR) is 153 cm³/mol. The monoisotopic (exact) mass is 557 g/mol. The van der Waals surface area contributed by atoms with Crippen LogP contribution in [0.5, 0.6) is 5.88 Å². The molecule has 0 fully saturated rings. The number of hydrogen-bond acceptors (Lipinski definition) is 7. The highest BCUT2D eigenvalue weighted by Crippen LogP contribution is 2.42. The first kappa shape index (κ1) is 25.6. The summed E-state index contributed by atoms with van der Waals surface area (Å²) >= 11 is 0. The Morgan fingerprint density at radius 1 is 1.05 bits per heavy atom. The smallest absolute Gasteiger partial charge is 0.255 e. The second-order valence-electron chi connectivity index (χ2n) is 9.75. The van der Waals surface area contributed by atoms with Crippen molar-refractivity contribution in [1.82, 2.24) is 20.1 Å². The second-order valence-corrected chi connectivity index (χ2v) is 11.8. The largest absolute Gasteiger partial charge is 0.476 e. The number of fused-ring (bicyclic) bond motifs is 2. The van der Waals surface area contributed by atoms with Crippen molar-refractivity contribution in [3.8, 4) is 39.6 Å². The number of sulfonamides is 1. The molecule has 0 aliphatic carbocycles. The first-order valence-corrected chi connectivity index (χ1v) is 14.5. The maximum Gasteiger partial charge on any atom is 0.255 e. The summed E-state index contributed by atoms with van der Waals surface area (Å²) in [6.45, 7) is 3.24. The van der Waals surface area contributed by atoms with Gasteiger partial charge in [-0.1, -0.05) is 29.8 Å². The number of furan rings is 1. The molecule has 0 bridgehead atoms. The number of nitrogens with one attached hydrogen (secondary N) is 1. The molecule has 204 valence electrons. The average Bonchev–Trinajstić information content (AvgIpc) is 3.65. The van der Waals surface area contributed by atoms with Crippen LogP contribution >= 0.6 is 0 Å². The SMILES string of the molecule is CNC(=O)c1c(-c2ccc(C)cc2)oc2cc(N(C)S(C)(=O)=O)c(-c3cncc(-c4cc5n(n4)CCO5)c3)cc12. The maximum absolute atomic E-state index is 13.2. The van der Waals surface area contributed by atoms with Crippen LogP contribution in [0.15, 0.2) is 65.3 Å². The van der Waals surface area contributed by atoms with E-state index < -0.39 is 10.0 Å². The number of benzene rings is 2. The van der Waals surface area contributed by atoms with Crippen LogP contribution < -0.4 is 14.4 Å². The molecular formula is C29H27N5O5S. The van der Waals surface area contributed by atoms with Crippen molar-refractivity contribution in [2.75, 3.05) is 31.3 Å². The number of rotatable bonds is 6. The lowest BCUT2D eigenvalue weighted by Crippen LogP contribution is -2.25. The van der Waals surface area contributed by atoms with Crippen LogP contribution in [0, 0.1) is 6.92 Å². The van der Waals surface area contributed by atoms with Gasteiger partial charge in [-0.25, -0.2) is 13.1 Å². The molecule has 2 aromatic carbocycles. The standard InChI is InChI=1S/C29H27N5O5S/c1-17-5-7-18(8-6-17)28-27(29(35)30-2)22-12-21(24(14-25(22)39-28)33(3)40(4,36)37)19-11-20(16-31-15-19)23-13-26-34(32-23)9-10-38-26/h5-8,11-16H,9-10H2,1-4H3,(H,30,35). The van der Waals surface area contributed by atoms with E-state index in [9.17, 15) is 13.2 Å². The summed E-state index contributed by atoms with van der Waals surface area (Å²) in [4.78, 5) is 17.6. The molecule has 10 nitrogen and oxygen atoms in total. The molecule has 3 aromatic heterocycles. The van der Waals surface area contributed by atoms with Crippen molar-refractivity contribution in [2.45, 2.75) is 13.5 Å². The Morgan fingerprint density at radius 3 is 2.50 bits per heavy atom. The summed E-state index contributed by atoms with van der Waals surface area (Å²) in [5.74, 6) is 0.777. The Hall–Kier alpha value is -4.64. The molecule has 1 aliphatic rings. The minimum absolute atomic E-state index is 0.316. The van der Waals surface area contributed by atoms with Gasteiger partial charge in [0.1, 0.15) is 18.0 Å². The van der Waals surface area contributed by atoms with Crippen molar-refractivity contribution in [2.24, 2.45) is 0 Å². The van der Waals surface area contributed by atoms with E-state index in [2.05, 4.69) is 15.4 Å². The molecule has 0 saturated heterocycles. The minimum Gasteiger partial charge on any atom is -0.476 e. The second kappa shape index (κ2) is 9.53. The third-order valence-electron chi connectivity index (χ3n) is 7.05. The first-order valence-electron chi connectivity index (χ1n) is 12.6. The highest BCUT2D eigenvalue weighted by molar-refractivity contribution is 7.92. The molecule has 6 rings (SSSR count). The van der Waals surface area contributed by atoms with Crippen LogP contribution in [0.4, 0.5) is 5.69 Å². The van der Waals surface area contributed by atoms with E-state index in [0.29, 0.717) is 63.8 Å². The maximum atomic E-state index is 13.2. The number of amides is 1. The summed E-state index contributed by atoms with van der Waals surface area (Å²) in [7, 11) is -0.591. The van der Waals surface area contributed by atoms with Gasteiger partial charge in [0, 0.05) is 66.3 Å². The van der Waals surface area contributed by atoms with E-state index in [1.165, 1.54) is 11.4 Å². The zero-order valence-corrected chi connectivity index (χ0v) is 23.2. The Kier molecular flexibility index (Phi) is 6.10. The number of anilines is 1. The number of aromatic nitrogens is 3. The Morgan fingerprint density at radius 2 is 1.80 bits per heavy atom. The highest BCUT2D eigenvalue weighted by Gasteiger charge is 2.26. The predicted octanol–water partition coefficient (Wildman–Crippen LogP) is 4.48. The van der Waals surface area contributed by atoms with Gasteiger partial charge in [-0.2, -0.15) is 5.10 Å². The lowest BCUT2D eigenvalue weighted by molar-refractivity contribution is 0.0964. The summed E-state index contributed by atoms with van der Waals surface area (Å²) in [6, 6.07) is 14.9. The van der Waals surface area contributed by atoms with Crippen LogP contribution in [0.2, 0.25) is 0 Å². The molecular weight excluding hydrogens is 530 g/mol. The van der Waals surface area contributed by atoms with Gasteiger partial charge in [-0.05, 0) is 19.1 Å². The lowest BCUT2D eigenvalue weighted by Gasteiger charge is -2.20. The Bertz CT molecular complexity index is 1870. The topological polar surface area (TPSA) is 120 Å². The molecule has 0 unspecified atom stereocenters. The van der Waals surface area contributed by atoms with Crippen molar-refractivity contribution in [1.29, 1.82) is 0 Å². The Balaban J connectivity index is 1.59. The molecule has 0 radical (unpaired) electrons. The van der Waals surface area contributed by atoms with E-state index in [1.807, 2.05) is 43.3 Å². The Labute approximate surface area is 231 Å². The average molecular weight is 558 g/mol. The van der Waals surface area contributed by atoms with Crippen molar-refractivity contribution >= 4 is 32.6 Å². The molecule has 40 heavy (non-hydrogen) atoms. The van der Waals surface area contributed by atoms with Gasteiger partial charge in [-0.3, -0.25) is 14.1 Å². The fourth-order valence-corrected chi connectivity index (χ4v) is 5.35. The number of ether oxygens (including phenoxy) is 1. The third kappa shape index (κ3) is 4.37. The fraction of sp³-hybridized carbons (Fsp3) is 0.207. The molecule has 1 amide bonds. The minimum atomic E-state index is -3.64. The van der Waals surface area contributed by atoms with Crippen LogP contribution in [-0.2, 0) is 16.6 Å². The normalized spacial score (nSPS) is 12.8. The first-order chi connectivity index (χ1) is 19.1. The summed E-state index contributed by atoms with van der Waals surface area (Å²) in [5, 5.41) is 7.87. The van der Waals surface area contributed by atoms with Crippen LogP contribution in [0.3, 0.4) is 0 Å². The summed E-state index contributed by atoms with van der Waals surface area (Å²) < 4.78 is 40.2. The summed E-state index contributed by atoms with van der Waals surface area (Å²) in [6.07, 6.45) is 4.49. The van der Waals surface area contributed by atoms with E-state index in [-0.39, 0.29) is 5.91 Å². The molecule has 5 aromatic rings. The number of hydrogen-bond donors (Lipinski definition) is 1. The van der Waals surface area contributed by atoms with Crippen molar-refractivity contribution < 1.29 is 22.4 Å². The van der Waals surface area contributed by atoms with E-state index in [1.54, 1.807) is 36.3 Å². The molecule has 1 N–H and O–H groups in total. The zero-order chi connectivity index (χ0) is 28.2. The van der Waals surface area contributed by atoms with E-state index >= 15 is 0 Å². The van der Waals surface area contributed by atoms with Crippen molar-refractivity contribution in [3.63, 3.8) is 0 Å². The van der Waals surface area contributed by atoms with Gasteiger partial charge in [0.25, 0.3) is 5.91 Å². The molecule has 0 spiro atoms. The number of carbonyl (C=O) groups is 1. The highest BCUT2D eigenvalue weighted by atomic mass is 32.2. The molecule has 1 aliphatic heterocycles. The van der Waals surface area contributed by atoms with Gasteiger partial charge >= 0.3 is 0 Å². The van der Waals surface area contributed by atoms with Crippen LogP contribution in [0.1, 0.15) is 15.9 Å². The lowest BCUT2D eigenvalue weighted by atomic mass is 9.98. The zero-order valence-electron chi connectivity index (χ0n) is 22.4. The number of carbonyl (C=O) groups excluding carboxylic acids is 1. The van der Waals surface area contributed by atoms with Gasteiger partial charge in [0.2, 0.25) is 15.9 Å². The van der Waals surface area contributed by atoms with Crippen LogP contribution in [0.25, 0.3) is 44.7 Å². The molecule has 4 heterocycles. The van der Waals surface area contributed by atoms with E-state index in [4.69, 9.17) is 9.15 Å². The van der Waals surface area contributed by atoms with E-state index in [0.717, 1.165) is 22.9 Å². The van der Waals surface area contributed by atoms with Gasteiger partial charge in [0.05, 0.1) is 29.7 Å². The summed E-state index contributed by atoms with van der Waals surface area (Å²) in [5.41, 5.74) is 5.60. The van der Waals surface area contributed by atoms with Crippen LogP contribution in [-0.4, -0.2) is 56.0 Å². The quantitative estimate of drug-likeness (QED) is 0.327. The van der Waals surface area contributed by atoms with Gasteiger partial charge in [-0.15, -0.1) is 0 Å². The molecule has 0 atom stereocenters. The number of aryl methyl sites for hydroxylation is 1. The van der Waals surface area contributed by atoms with Gasteiger partial charge in [0.15, 0.2) is 0 Å². The molecule has 0 saturated carbocycles.